The molecule has 164 valence electrons. The Morgan fingerprint density at radius 2 is 2.10 bits per heavy atom. The van der Waals surface area contributed by atoms with Gasteiger partial charge in [-0.15, -0.1) is 16.4 Å². The smallest absolute Gasteiger partial charge is 0.414 e. The Hall–Kier alpha value is -2.46. The zero-order valence-corrected chi connectivity index (χ0v) is 20.4. The van der Waals surface area contributed by atoms with E-state index in [0.717, 1.165) is 37.8 Å². The third-order valence-electron chi connectivity index (χ3n) is 4.41. The molecule has 0 aliphatic carbocycles. The molecule has 1 aliphatic rings. The van der Waals surface area contributed by atoms with E-state index in [1.54, 1.807) is 36.8 Å². The number of carbonyl (C=O) groups excluding carboxylic acids is 1. The second-order valence-corrected chi connectivity index (χ2v) is 10.5. The lowest BCUT2D eigenvalue weighted by Gasteiger charge is -2.18. The molecule has 0 fully saturated rings. The molecule has 0 saturated heterocycles. The van der Waals surface area contributed by atoms with Crippen LogP contribution in [0.2, 0.25) is 0 Å². The molecule has 1 aliphatic heterocycles. The summed E-state index contributed by atoms with van der Waals surface area (Å²) >= 11 is 5.07. The number of halogens is 1. The van der Waals surface area contributed by atoms with Gasteiger partial charge < -0.3 is 9.47 Å². The number of carbonyl (C=O) groups is 1. The topological polar surface area (TPSA) is 91.2 Å². The predicted molar refractivity (Wildman–Crippen MR) is 124 cm³/mol. The number of aromatic nitrogens is 4. The number of rotatable bonds is 3. The Labute approximate surface area is 193 Å². The van der Waals surface area contributed by atoms with E-state index in [1.165, 1.54) is 0 Å². The van der Waals surface area contributed by atoms with Crippen molar-refractivity contribution in [2.24, 2.45) is 0 Å². The monoisotopic (exact) mass is 505 g/mol. The summed E-state index contributed by atoms with van der Waals surface area (Å²) in [6, 6.07) is 5.99. The van der Waals surface area contributed by atoms with Gasteiger partial charge in [-0.1, -0.05) is 15.9 Å². The van der Waals surface area contributed by atoms with Crippen molar-refractivity contribution < 1.29 is 14.3 Å². The lowest BCUT2D eigenvalue weighted by Crippen LogP contribution is -2.27. The average molecular weight is 506 g/mol. The maximum atomic E-state index is 12.2. The van der Waals surface area contributed by atoms with Gasteiger partial charge in [0.2, 0.25) is 0 Å². The third-order valence-corrected chi connectivity index (χ3v) is 6.01. The third kappa shape index (κ3) is 4.74. The molecule has 2 aromatic heterocycles. The van der Waals surface area contributed by atoms with Gasteiger partial charge in [0.05, 0.1) is 12.3 Å². The second-order valence-electron chi connectivity index (χ2n) is 8.45. The van der Waals surface area contributed by atoms with Gasteiger partial charge in [0.15, 0.2) is 10.8 Å². The van der Waals surface area contributed by atoms with Crippen molar-refractivity contribution in [1.82, 2.24) is 19.7 Å². The number of hydrogen-bond donors (Lipinski definition) is 1. The van der Waals surface area contributed by atoms with Crippen molar-refractivity contribution in [2.75, 3.05) is 11.9 Å². The number of benzene rings is 1. The van der Waals surface area contributed by atoms with E-state index in [9.17, 15) is 4.79 Å². The number of ether oxygens (including phenoxy) is 2. The standard InChI is InChI=1S/C21H24BrN5O3S/c1-11(2)27-17(24-19(26-27)25-20(28)30-21(3,4)5)18-23-16-13-7-6-12(22)10-14(13)29-9-8-15(16)31-18/h6-7,10-11H,8-9H2,1-5H3,(H,25,26,28). The zero-order valence-electron chi connectivity index (χ0n) is 18.0. The van der Waals surface area contributed by atoms with Crippen LogP contribution < -0.4 is 10.1 Å². The summed E-state index contributed by atoms with van der Waals surface area (Å²) in [4.78, 5) is 22.8. The van der Waals surface area contributed by atoms with Crippen LogP contribution in [0.3, 0.4) is 0 Å². The molecule has 0 bridgehead atoms. The van der Waals surface area contributed by atoms with Gasteiger partial charge in [0.1, 0.15) is 11.4 Å². The molecule has 0 radical (unpaired) electrons. The molecule has 31 heavy (non-hydrogen) atoms. The lowest BCUT2D eigenvalue weighted by molar-refractivity contribution is 0.0634. The summed E-state index contributed by atoms with van der Waals surface area (Å²) in [5, 5.41) is 7.84. The summed E-state index contributed by atoms with van der Waals surface area (Å²) in [6.45, 7) is 10.0. The van der Waals surface area contributed by atoms with Crippen LogP contribution in [0.5, 0.6) is 5.75 Å². The van der Waals surface area contributed by atoms with Gasteiger partial charge >= 0.3 is 6.09 Å². The van der Waals surface area contributed by atoms with Crippen LogP contribution in [0.1, 0.15) is 45.5 Å². The highest BCUT2D eigenvalue weighted by molar-refractivity contribution is 9.10. The van der Waals surface area contributed by atoms with Crippen molar-refractivity contribution >= 4 is 39.3 Å². The number of amides is 1. The van der Waals surface area contributed by atoms with E-state index < -0.39 is 11.7 Å². The highest BCUT2D eigenvalue weighted by Crippen LogP contribution is 2.41. The Morgan fingerprint density at radius 1 is 1.32 bits per heavy atom. The molecule has 0 atom stereocenters. The minimum absolute atomic E-state index is 0.0342. The van der Waals surface area contributed by atoms with Gasteiger partial charge in [-0.2, -0.15) is 4.98 Å². The van der Waals surface area contributed by atoms with E-state index in [0.29, 0.717) is 12.4 Å². The van der Waals surface area contributed by atoms with Crippen molar-refractivity contribution in [2.45, 2.75) is 52.7 Å². The van der Waals surface area contributed by atoms with E-state index in [4.69, 9.17) is 14.5 Å². The average Bonchev–Trinajstić information content (AvgIpc) is 3.21. The van der Waals surface area contributed by atoms with Crippen LogP contribution in [0.25, 0.3) is 22.1 Å². The molecule has 1 amide bonds. The van der Waals surface area contributed by atoms with Crippen LogP contribution >= 0.6 is 27.3 Å². The van der Waals surface area contributed by atoms with Gasteiger partial charge in [-0.25, -0.2) is 14.5 Å². The largest absolute Gasteiger partial charge is 0.492 e. The predicted octanol–water partition coefficient (Wildman–Crippen LogP) is 5.69. The summed E-state index contributed by atoms with van der Waals surface area (Å²) in [5.41, 5.74) is 1.26. The summed E-state index contributed by atoms with van der Waals surface area (Å²) in [7, 11) is 0. The fourth-order valence-electron chi connectivity index (χ4n) is 3.17. The first-order valence-corrected chi connectivity index (χ1v) is 11.6. The van der Waals surface area contributed by atoms with Crippen LogP contribution in [0, 0.1) is 0 Å². The maximum Gasteiger partial charge on any atom is 0.414 e. The normalized spacial score (nSPS) is 13.3. The lowest BCUT2D eigenvalue weighted by atomic mass is 10.1. The minimum atomic E-state index is -0.606. The first-order valence-electron chi connectivity index (χ1n) is 10.00. The number of anilines is 1. The molecule has 1 N–H and O–H groups in total. The van der Waals surface area contributed by atoms with E-state index >= 15 is 0 Å². The fraction of sp³-hybridized carbons (Fsp3) is 0.429. The molecular formula is C21H24BrN5O3S. The van der Waals surface area contributed by atoms with Crippen molar-refractivity contribution in [3.63, 3.8) is 0 Å². The number of nitrogens with one attached hydrogen (secondary N) is 1. The molecule has 0 spiro atoms. The zero-order chi connectivity index (χ0) is 22.3. The van der Waals surface area contributed by atoms with E-state index in [-0.39, 0.29) is 12.0 Å². The number of thiazole rings is 1. The second kappa shape index (κ2) is 8.23. The summed E-state index contributed by atoms with van der Waals surface area (Å²) in [6.07, 6.45) is 0.171. The van der Waals surface area contributed by atoms with Gasteiger partial charge in [0.25, 0.3) is 5.95 Å². The Bertz CT molecular complexity index is 1130. The van der Waals surface area contributed by atoms with Crippen molar-refractivity contribution in [3.8, 4) is 27.8 Å². The van der Waals surface area contributed by atoms with Gasteiger partial charge in [-0.3, -0.25) is 5.32 Å². The van der Waals surface area contributed by atoms with Crippen molar-refractivity contribution in [3.05, 3.63) is 27.5 Å². The molecule has 0 unspecified atom stereocenters. The summed E-state index contributed by atoms with van der Waals surface area (Å²) in [5.74, 6) is 1.61. The SMILES string of the molecule is CC(C)n1nc(NC(=O)OC(C)(C)C)nc1-c1nc2c(s1)CCOc1cc(Br)ccc1-2. The molecule has 3 heterocycles. The summed E-state index contributed by atoms with van der Waals surface area (Å²) < 4.78 is 14.0. The quantitative estimate of drug-likeness (QED) is 0.491. The van der Waals surface area contributed by atoms with Crippen LogP contribution in [-0.4, -0.2) is 38.0 Å². The van der Waals surface area contributed by atoms with Crippen LogP contribution in [0.15, 0.2) is 22.7 Å². The number of fused-ring (bicyclic) bond motifs is 3. The van der Waals surface area contributed by atoms with E-state index in [1.807, 2.05) is 32.0 Å². The first kappa shape index (κ1) is 21.8. The molecule has 8 nitrogen and oxygen atoms in total. The molecule has 0 saturated carbocycles. The molecule has 3 aromatic rings. The Morgan fingerprint density at radius 3 is 2.81 bits per heavy atom. The van der Waals surface area contributed by atoms with E-state index in [2.05, 4.69) is 31.3 Å². The van der Waals surface area contributed by atoms with Crippen molar-refractivity contribution in [1.29, 1.82) is 0 Å². The Kier molecular flexibility index (Phi) is 5.78. The highest BCUT2D eigenvalue weighted by atomic mass is 79.9. The minimum Gasteiger partial charge on any atom is -0.492 e. The van der Waals surface area contributed by atoms with Crippen LogP contribution in [-0.2, 0) is 11.2 Å². The Balaban J connectivity index is 1.71. The molecule has 10 heteroatoms. The maximum absolute atomic E-state index is 12.2. The highest BCUT2D eigenvalue weighted by Gasteiger charge is 2.25. The van der Waals surface area contributed by atoms with Gasteiger partial charge in [-0.05, 0) is 52.8 Å². The van der Waals surface area contributed by atoms with Gasteiger partial charge in [0, 0.05) is 27.4 Å². The molecule has 4 rings (SSSR count). The van der Waals surface area contributed by atoms with Crippen LogP contribution in [0.4, 0.5) is 10.7 Å². The number of hydrogen-bond acceptors (Lipinski definition) is 7. The fourth-order valence-corrected chi connectivity index (χ4v) is 4.55. The number of nitrogens with zero attached hydrogens (tertiary/aromatic N) is 4. The molecule has 1 aromatic carbocycles. The molecular weight excluding hydrogens is 482 g/mol. The first-order chi connectivity index (χ1) is 14.6.